The van der Waals surface area contributed by atoms with E-state index in [4.69, 9.17) is 25.8 Å². The zero-order chi connectivity index (χ0) is 13.7. The Morgan fingerprint density at radius 1 is 1.53 bits per heavy atom. The lowest BCUT2D eigenvalue weighted by atomic mass is 10.4. The third kappa shape index (κ3) is 4.07. The molecule has 2 rings (SSSR count). The molecule has 0 saturated carbocycles. The van der Waals surface area contributed by atoms with Crippen LogP contribution in [0.2, 0.25) is 4.34 Å². The smallest absolute Gasteiger partial charge is 0.351 e. The maximum absolute atomic E-state index is 11.5. The maximum Gasteiger partial charge on any atom is 0.351 e. The highest BCUT2D eigenvalue weighted by atomic mass is 35.5. The standard InChI is InChI=1S/C12H16ClNO4S/c1-16-12(15)11-9(8-10(13)19-11)18-7-4-14-2-5-17-6-3-14/h8H,2-7H2,1H3. The molecule has 5 nitrogen and oxygen atoms in total. The number of methoxy groups -OCH3 is 1. The second-order valence-electron chi connectivity index (χ2n) is 4.04. The molecule has 0 aliphatic carbocycles. The molecule has 0 atom stereocenters. The highest BCUT2D eigenvalue weighted by Gasteiger charge is 2.18. The van der Waals surface area contributed by atoms with Crippen LogP contribution in [0.15, 0.2) is 6.07 Å². The fraction of sp³-hybridized carbons (Fsp3) is 0.583. The summed E-state index contributed by atoms with van der Waals surface area (Å²) in [6, 6.07) is 1.65. The molecule has 0 radical (unpaired) electrons. The molecule has 0 bridgehead atoms. The maximum atomic E-state index is 11.5. The molecule has 106 valence electrons. The van der Waals surface area contributed by atoms with Crippen molar-refractivity contribution < 1.29 is 19.0 Å². The Morgan fingerprint density at radius 3 is 2.95 bits per heavy atom. The summed E-state index contributed by atoms with van der Waals surface area (Å²) in [6.45, 7) is 4.67. The van der Waals surface area contributed by atoms with Crippen molar-refractivity contribution in [2.24, 2.45) is 0 Å². The van der Waals surface area contributed by atoms with Crippen LogP contribution in [0.4, 0.5) is 0 Å². The van der Waals surface area contributed by atoms with E-state index in [9.17, 15) is 4.79 Å². The second kappa shape index (κ2) is 7.09. The normalized spacial score (nSPS) is 16.3. The summed E-state index contributed by atoms with van der Waals surface area (Å²) >= 11 is 7.06. The molecule has 0 N–H and O–H groups in total. The van der Waals surface area contributed by atoms with Crippen LogP contribution in [0.1, 0.15) is 9.67 Å². The number of morpholine rings is 1. The first-order valence-electron chi connectivity index (χ1n) is 6.01. The molecule has 1 aliphatic heterocycles. The largest absolute Gasteiger partial charge is 0.490 e. The predicted octanol–water partition coefficient (Wildman–Crippen LogP) is 1.90. The monoisotopic (exact) mass is 305 g/mol. The Kier molecular flexibility index (Phi) is 5.45. The zero-order valence-corrected chi connectivity index (χ0v) is 12.3. The Morgan fingerprint density at radius 2 is 2.26 bits per heavy atom. The van der Waals surface area contributed by atoms with Crippen molar-refractivity contribution in [2.75, 3.05) is 46.6 Å². The first-order chi connectivity index (χ1) is 9.20. The fourth-order valence-corrected chi connectivity index (χ4v) is 2.87. The van der Waals surface area contributed by atoms with E-state index in [2.05, 4.69) is 4.90 Å². The summed E-state index contributed by atoms with van der Waals surface area (Å²) in [5.41, 5.74) is 0. The van der Waals surface area contributed by atoms with Crippen LogP contribution >= 0.6 is 22.9 Å². The van der Waals surface area contributed by atoms with Crippen molar-refractivity contribution in [3.05, 3.63) is 15.3 Å². The van der Waals surface area contributed by atoms with Crippen LogP contribution in [0.25, 0.3) is 0 Å². The minimum absolute atomic E-state index is 0.412. The molecule has 0 aromatic carbocycles. The van der Waals surface area contributed by atoms with Gasteiger partial charge in [0, 0.05) is 25.7 Å². The molecule has 0 spiro atoms. The van der Waals surface area contributed by atoms with Crippen molar-refractivity contribution in [3.63, 3.8) is 0 Å². The third-order valence-electron chi connectivity index (χ3n) is 2.81. The van der Waals surface area contributed by atoms with Gasteiger partial charge in [-0.25, -0.2) is 4.79 Å². The Balaban J connectivity index is 1.86. The third-order valence-corrected chi connectivity index (χ3v) is 4.03. The molecule has 1 fully saturated rings. The van der Waals surface area contributed by atoms with Gasteiger partial charge in [-0.2, -0.15) is 0 Å². The van der Waals surface area contributed by atoms with Gasteiger partial charge in [0.05, 0.1) is 24.7 Å². The SMILES string of the molecule is COC(=O)c1sc(Cl)cc1OCCN1CCOCC1. The van der Waals surface area contributed by atoms with Gasteiger partial charge in [-0.05, 0) is 0 Å². The van der Waals surface area contributed by atoms with Gasteiger partial charge in [-0.15, -0.1) is 11.3 Å². The molecule has 0 amide bonds. The summed E-state index contributed by atoms with van der Waals surface area (Å²) < 4.78 is 16.1. The molecule has 1 aromatic heterocycles. The molecule has 1 saturated heterocycles. The molecule has 1 aromatic rings. The van der Waals surface area contributed by atoms with E-state index in [1.54, 1.807) is 6.07 Å². The molecular formula is C12H16ClNO4S. The molecule has 7 heteroatoms. The average molecular weight is 306 g/mol. The number of thiophene rings is 1. The van der Waals surface area contributed by atoms with Crippen LogP contribution in [-0.4, -0.2) is 57.4 Å². The average Bonchev–Trinajstić information content (AvgIpc) is 2.80. The summed E-state index contributed by atoms with van der Waals surface area (Å²) in [5, 5.41) is 0. The van der Waals surface area contributed by atoms with E-state index in [1.807, 2.05) is 0 Å². The van der Waals surface area contributed by atoms with Crippen molar-refractivity contribution >= 4 is 28.9 Å². The lowest BCUT2D eigenvalue weighted by molar-refractivity contribution is 0.0321. The van der Waals surface area contributed by atoms with Crippen LogP contribution in [-0.2, 0) is 9.47 Å². The van der Waals surface area contributed by atoms with E-state index >= 15 is 0 Å². The highest BCUT2D eigenvalue weighted by Crippen LogP contribution is 2.33. The van der Waals surface area contributed by atoms with E-state index < -0.39 is 5.97 Å². The molecular weight excluding hydrogens is 290 g/mol. The Labute approximate surface area is 121 Å². The van der Waals surface area contributed by atoms with E-state index in [-0.39, 0.29) is 0 Å². The number of nitrogens with zero attached hydrogens (tertiary/aromatic N) is 1. The highest BCUT2D eigenvalue weighted by molar-refractivity contribution is 7.18. The first-order valence-corrected chi connectivity index (χ1v) is 7.20. The molecule has 0 unspecified atom stereocenters. The minimum Gasteiger partial charge on any atom is -0.490 e. The minimum atomic E-state index is -0.418. The van der Waals surface area contributed by atoms with Gasteiger partial charge in [0.15, 0.2) is 4.88 Å². The summed E-state index contributed by atoms with van der Waals surface area (Å²) in [6.07, 6.45) is 0. The van der Waals surface area contributed by atoms with Crippen LogP contribution in [0.5, 0.6) is 5.75 Å². The lowest BCUT2D eigenvalue weighted by Gasteiger charge is -2.26. The van der Waals surface area contributed by atoms with Gasteiger partial charge in [0.25, 0.3) is 0 Å². The Hall–Kier alpha value is -0.820. The van der Waals surface area contributed by atoms with Crippen molar-refractivity contribution in [2.45, 2.75) is 0 Å². The number of ether oxygens (including phenoxy) is 3. The number of halogens is 1. The van der Waals surface area contributed by atoms with Gasteiger partial charge >= 0.3 is 5.97 Å². The van der Waals surface area contributed by atoms with Crippen molar-refractivity contribution in [3.8, 4) is 5.75 Å². The number of esters is 1. The zero-order valence-electron chi connectivity index (χ0n) is 10.7. The van der Waals surface area contributed by atoms with Gasteiger partial charge in [0.2, 0.25) is 0 Å². The topological polar surface area (TPSA) is 48.0 Å². The number of rotatable bonds is 5. The number of hydrogen-bond acceptors (Lipinski definition) is 6. The predicted molar refractivity (Wildman–Crippen MR) is 73.4 cm³/mol. The van der Waals surface area contributed by atoms with Gasteiger partial charge in [-0.3, -0.25) is 4.90 Å². The number of carbonyl (C=O) groups excluding carboxylic acids is 1. The quantitative estimate of drug-likeness (QED) is 0.778. The van der Waals surface area contributed by atoms with E-state index in [1.165, 1.54) is 18.4 Å². The van der Waals surface area contributed by atoms with E-state index in [0.717, 1.165) is 32.8 Å². The van der Waals surface area contributed by atoms with Crippen molar-refractivity contribution in [1.82, 2.24) is 4.90 Å². The van der Waals surface area contributed by atoms with Gasteiger partial charge in [-0.1, -0.05) is 11.6 Å². The van der Waals surface area contributed by atoms with Gasteiger partial charge < -0.3 is 14.2 Å². The van der Waals surface area contributed by atoms with E-state index in [0.29, 0.717) is 21.6 Å². The number of hydrogen-bond donors (Lipinski definition) is 0. The molecule has 2 heterocycles. The lowest BCUT2D eigenvalue weighted by Crippen LogP contribution is -2.38. The second-order valence-corrected chi connectivity index (χ2v) is 5.72. The molecule has 1 aliphatic rings. The van der Waals surface area contributed by atoms with Crippen LogP contribution in [0.3, 0.4) is 0 Å². The first kappa shape index (κ1) is 14.6. The summed E-state index contributed by atoms with van der Waals surface area (Å²) in [7, 11) is 1.34. The fourth-order valence-electron chi connectivity index (χ4n) is 1.80. The molecule has 19 heavy (non-hydrogen) atoms. The number of carbonyl (C=O) groups is 1. The van der Waals surface area contributed by atoms with Crippen LogP contribution in [0, 0.1) is 0 Å². The Bertz CT molecular complexity index is 431. The van der Waals surface area contributed by atoms with Crippen LogP contribution < -0.4 is 4.74 Å². The van der Waals surface area contributed by atoms with Crippen molar-refractivity contribution in [1.29, 1.82) is 0 Å². The summed E-state index contributed by atoms with van der Waals surface area (Å²) in [5.74, 6) is 0.0772. The summed E-state index contributed by atoms with van der Waals surface area (Å²) in [4.78, 5) is 14.2. The van der Waals surface area contributed by atoms with Gasteiger partial charge in [0.1, 0.15) is 12.4 Å².